The fraction of sp³-hybridized carbons (Fsp3) is 0.111. The summed E-state index contributed by atoms with van der Waals surface area (Å²) in [5.41, 5.74) is 20.3. The number of rotatable bonds is 16. The average molecular weight is 1340 g/mol. The summed E-state index contributed by atoms with van der Waals surface area (Å²) >= 11 is 1.71. The van der Waals surface area contributed by atoms with Gasteiger partial charge in [-0.25, -0.2) is 19.6 Å². The van der Waals surface area contributed by atoms with E-state index in [1.54, 1.807) is 39.8 Å². The Labute approximate surface area is 588 Å². The molecule has 2 aromatic heterocycles. The first-order valence-electron chi connectivity index (χ1n) is 33.9. The molecule has 101 heavy (non-hydrogen) atoms. The van der Waals surface area contributed by atoms with Gasteiger partial charge >= 0.3 is 11.9 Å². The fourth-order valence-corrected chi connectivity index (χ4v) is 17.4. The first kappa shape index (κ1) is 62.3. The molecule has 17 rings (SSSR count). The highest BCUT2D eigenvalue weighted by Gasteiger charge is 2.49. The zero-order valence-corrected chi connectivity index (χ0v) is 57.2. The second-order valence-electron chi connectivity index (χ2n) is 25.4. The lowest BCUT2D eigenvalue weighted by Gasteiger charge is -2.34. The number of fused-ring (bicyclic) bond motifs is 13. The van der Waals surface area contributed by atoms with Crippen LogP contribution in [0.25, 0.3) is 109 Å². The normalized spacial score (nSPS) is 13.0. The van der Waals surface area contributed by atoms with Crippen molar-refractivity contribution in [3.63, 3.8) is 0 Å². The van der Waals surface area contributed by atoms with Gasteiger partial charge in [-0.3, -0.25) is 0 Å². The maximum atomic E-state index is 13.9. The zero-order chi connectivity index (χ0) is 68.7. The van der Waals surface area contributed by atoms with Crippen LogP contribution in [0.1, 0.15) is 79.1 Å². The van der Waals surface area contributed by atoms with E-state index in [0.29, 0.717) is 22.2 Å². The summed E-state index contributed by atoms with van der Waals surface area (Å²) < 4.78 is 34.7. The summed E-state index contributed by atoms with van der Waals surface area (Å²) in [6, 6.07) is 93.0. The Morgan fingerprint density at radius 1 is 0.327 bits per heavy atom. The van der Waals surface area contributed by atoms with E-state index in [4.69, 9.17) is 38.4 Å². The molecule has 0 spiro atoms. The van der Waals surface area contributed by atoms with E-state index in [1.165, 1.54) is 0 Å². The van der Waals surface area contributed by atoms with Gasteiger partial charge in [0.15, 0.2) is 0 Å². The number of hydrogen-bond acceptors (Lipinski definition) is 11. The van der Waals surface area contributed by atoms with Gasteiger partial charge in [0.25, 0.3) is 0 Å². The Morgan fingerprint density at radius 2 is 0.644 bits per heavy atom. The van der Waals surface area contributed by atoms with Crippen molar-refractivity contribution < 1.29 is 38.0 Å². The smallest absolute Gasteiger partial charge is 0.338 e. The second kappa shape index (κ2) is 25.0. The minimum Gasteiger partial charge on any atom is -0.497 e. The summed E-state index contributed by atoms with van der Waals surface area (Å²) in [5.74, 6) is 2.23. The third-order valence-electron chi connectivity index (χ3n) is 20.6. The molecule has 0 radical (unpaired) electrons. The molecule has 2 aliphatic rings. The minimum absolute atomic E-state index is 0.231. The first-order valence-corrected chi connectivity index (χ1v) is 34.7. The number of ether oxygens (including phenoxy) is 6. The Kier molecular flexibility index (Phi) is 15.4. The number of esters is 2. The Morgan fingerprint density at radius 3 is 0.990 bits per heavy atom. The van der Waals surface area contributed by atoms with Crippen LogP contribution in [0.2, 0.25) is 0 Å². The van der Waals surface area contributed by atoms with E-state index in [0.717, 1.165) is 165 Å². The quantitative estimate of drug-likeness (QED) is 0.0684. The van der Waals surface area contributed by atoms with Crippen LogP contribution in [0.4, 0.5) is 0 Å². The molecule has 2 aliphatic carbocycles. The first-order chi connectivity index (χ1) is 49.6. The number of aromatic nitrogens is 2. The van der Waals surface area contributed by atoms with Crippen molar-refractivity contribution >= 4 is 66.9 Å². The zero-order valence-electron chi connectivity index (χ0n) is 56.4. The lowest BCUT2D eigenvalue weighted by atomic mass is 9.67. The molecule has 10 nitrogen and oxygen atoms in total. The van der Waals surface area contributed by atoms with Crippen molar-refractivity contribution in [3.8, 4) is 88.4 Å². The van der Waals surface area contributed by atoms with Crippen molar-refractivity contribution in [3.05, 3.63) is 323 Å². The summed E-state index contributed by atoms with van der Waals surface area (Å²) in [4.78, 5) is 41.9. The molecule has 2 heterocycles. The number of benzene rings is 13. The SMILES string of the molecule is CCOC(=O)c1ccccc1-c1ccc2c3ccc(-c4ccccc4C(=O)OCC)cc3c3nc4c(-c5cccc6c5-c5ccccc5C6(c5ccc(OC)cc5)c5ccc(OC)cc5)sc(-c5cccc6c5-c5ccccc5C6(c5ccc(OC)cc5)c5ccc(OC)cc5)c4nc3c2c1. The third kappa shape index (κ3) is 9.58. The van der Waals surface area contributed by atoms with Gasteiger partial charge in [0.05, 0.1) is 84.4 Å². The van der Waals surface area contributed by atoms with Crippen LogP contribution in [-0.4, -0.2) is 63.6 Å². The number of carbonyl (C=O) groups is 2. The highest BCUT2D eigenvalue weighted by atomic mass is 32.1. The minimum atomic E-state index is -0.806. The Hall–Kier alpha value is -12.2. The topological polar surface area (TPSA) is 115 Å². The molecule has 0 N–H and O–H groups in total. The summed E-state index contributed by atoms with van der Waals surface area (Å²) in [7, 11) is 6.81. The molecule has 0 saturated carbocycles. The molecular weight excluding hydrogens is 1270 g/mol. The number of thiophene rings is 1. The van der Waals surface area contributed by atoms with Crippen molar-refractivity contribution in [2.24, 2.45) is 0 Å². The van der Waals surface area contributed by atoms with Crippen molar-refractivity contribution in [2.45, 2.75) is 24.7 Å². The van der Waals surface area contributed by atoms with E-state index in [9.17, 15) is 9.59 Å². The van der Waals surface area contributed by atoms with Crippen molar-refractivity contribution in [1.82, 2.24) is 9.97 Å². The van der Waals surface area contributed by atoms with Crippen LogP contribution in [0, 0.1) is 0 Å². The predicted octanol–water partition coefficient (Wildman–Crippen LogP) is 20.9. The third-order valence-corrected chi connectivity index (χ3v) is 21.8. The lowest BCUT2D eigenvalue weighted by Crippen LogP contribution is -2.28. The van der Waals surface area contributed by atoms with E-state index in [1.807, 2.05) is 62.4 Å². The van der Waals surface area contributed by atoms with Gasteiger partial charge in [0.1, 0.15) is 34.0 Å². The van der Waals surface area contributed by atoms with Crippen LogP contribution >= 0.6 is 11.3 Å². The molecule has 15 aromatic rings. The summed E-state index contributed by atoms with van der Waals surface area (Å²) in [6.45, 7) is 4.10. The predicted molar refractivity (Wildman–Crippen MR) is 404 cm³/mol. The van der Waals surface area contributed by atoms with Crippen LogP contribution in [0.3, 0.4) is 0 Å². The molecule has 0 aliphatic heterocycles. The summed E-state index contributed by atoms with van der Waals surface area (Å²) in [5, 5.41) is 3.56. The molecule has 0 atom stereocenters. The van der Waals surface area contributed by atoms with Crippen molar-refractivity contribution in [2.75, 3.05) is 41.7 Å². The van der Waals surface area contributed by atoms with Gasteiger partial charge in [0.2, 0.25) is 0 Å². The van der Waals surface area contributed by atoms with E-state index >= 15 is 0 Å². The van der Waals surface area contributed by atoms with E-state index < -0.39 is 22.8 Å². The van der Waals surface area contributed by atoms with Crippen LogP contribution < -0.4 is 18.9 Å². The number of nitrogens with zero attached hydrogens (tertiary/aromatic N) is 2. The second-order valence-corrected chi connectivity index (χ2v) is 26.4. The highest BCUT2D eigenvalue weighted by molar-refractivity contribution is 7.21. The molecule has 0 bridgehead atoms. The van der Waals surface area contributed by atoms with Gasteiger partial charge in [-0.1, -0.05) is 194 Å². The Bertz CT molecular complexity index is 5390. The van der Waals surface area contributed by atoms with E-state index in [2.05, 4.69) is 218 Å². The molecule has 11 heteroatoms. The molecule has 0 saturated heterocycles. The molecule has 0 unspecified atom stereocenters. The van der Waals surface area contributed by atoms with Gasteiger partial charge in [-0.2, -0.15) is 0 Å². The van der Waals surface area contributed by atoms with Crippen LogP contribution in [-0.2, 0) is 20.3 Å². The van der Waals surface area contributed by atoms with Crippen LogP contribution in [0.5, 0.6) is 23.0 Å². The molecule has 490 valence electrons. The van der Waals surface area contributed by atoms with Gasteiger partial charge in [0, 0.05) is 21.9 Å². The number of hydrogen-bond donors (Lipinski definition) is 0. The van der Waals surface area contributed by atoms with Gasteiger partial charge in [-0.05, 0) is 186 Å². The standard InChI is InChI=1S/C90H66N2O8S/c1-7-99-87(93)67-21-11-9-19-63(67)53-31-49-65-66-50-32-54(64-20-10-12-22-68(64)88(94)100-8-2)52-74(66)82-81(73(65)51-53)91-83-84(92-82)86(72-26-18-30-78-80(72)70-24-14-16-28-76(70)90(78,57-37-45-61(97-5)46-38-57)58-39-47-62(98-6)48-40-58)101-85(83)71-25-17-29-77-79(71)69-23-13-15-27-75(69)89(77,55-33-41-59(95-3)42-34-55)56-35-43-60(96-4)44-36-56/h9-52H,7-8H2,1-6H3. The highest BCUT2D eigenvalue weighted by Crippen LogP contribution is 2.63. The number of methoxy groups -OCH3 is 4. The molecule has 13 aromatic carbocycles. The van der Waals surface area contributed by atoms with Gasteiger partial charge in [-0.15, -0.1) is 11.3 Å². The lowest BCUT2D eigenvalue weighted by molar-refractivity contribution is 0.0517. The largest absolute Gasteiger partial charge is 0.497 e. The van der Waals surface area contributed by atoms with E-state index in [-0.39, 0.29) is 13.2 Å². The molecule has 0 amide bonds. The van der Waals surface area contributed by atoms with Gasteiger partial charge < -0.3 is 28.4 Å². The average Bonchev–Trinajstić information content (AvgIpc) is 1.54. The summed E-state index contributed by atoms with van der Waals surface area (Å²) in [6.07, 6.45) is 0. The Balaban J connectivity index is 1.02. The molecule has 0 fully saturated rings. The van der Waals surface area contributed by atoms with Crippen molar-refractivity contribution in [1.29, 1.82) is 0 Å². The maximum Gasteiger partial charge on any atom is 0.338 e. The van der Waals surface area contributed by atoms with Crippen LogP contribution in [0.15, 0.2) is 267 Å². The maximum absolute atomic E-state index is 13.9. The monoisotopic (exact) mass is 1330 g/mol. The molecular formula is C90H66N2O8S. The number of carbonyl (C=O) groups excluding carboxylic acids is 2. The fourth-order valence-electron chi connectivity index (χ4n) is 16.2.